The van der Waals surface area contributed by atoms with Crippen LogP contribution in [0.4, 0.5) is 0 Å². The SMILES string of the molecule is CC(C)[C@H](N)COc1cc(Cl)ccc1Cl. The molecule has 0 amide bonds. The molecule has 0 aromatic heterocycles. The normalized spacial score (nSPS) is 12.9. The van der Waals surface area contributed by atoms with Crippen molar-refractivity contribution in [2.75, 3.05) is 6.61 Å². The minimum atomic E-state index is 0.0000447. The van der Waals surface area contributed by atoms with Gasteiger partial charge in [-0.2, -0.15) is 0 Å². The lowest BCUT2D eigenvalue weighted by atomic mass is 10.1. The Balaban J connectivity index is 2.61. The summed E-state index contributed by atoms with van der Waals surface area (Å²) in [6.07, 6.45) is 0. The first-order valence-corrected chi connectivity index (χ1v) is 5.59. The highest BCUT2D eigenvalue weighted by atomic mass is 35.5. The third kappa shape index (κ3) is 3.90. The van der Waals surface area contributed by atoms with Gasteiger partial charge in [0.05, 0.1) is 5.02 Å². The second kappa shape index (κ2) is 5.59. The van der Waals surface area contributed by atoms with Crippen molar-refractivity contribution in [2.24, 2.45) is 11.7 Å². The van der Waals surface area contributed by atoms with Crippen LogP contribution in [-0.4, -0.2) is 12.6 Å². The Hall–Kier alpha value is -0.440. The Morgan fingerprint density at radius 2 is 2.00 bits per heavy atom. The van der Waals surface area contributed by atoms with E-state index in [1.807, 2.05) is 13.8 Å². The van der Waals surface area contributed by atoms with Crippen LogP contribution in [-0.2, 0) is 0 Å². The van der Waals surface area contributed by atoms with E-state index in [0.717, 1.165) is 0 Å². The van der Waals surface area contributed by atoms with Gasteiger partial charge in [0.25, 0.3) is 0 Å². The van der Waals surface area contributed by atoms with Gasteiger partial charge in [-0.3, -0.25) is 0 Å². The predicted octanol–water partition coefficient (Wildman–Crippen LogP) is 3.36. The first kappa shape index (κ1) is 12.6. The maximum absolute atomic E-state index is 5.93. The summed E-state index contributed by atoms with van der Waals surface area (Å²) < 4.78 is 5.50. The molecule has 1 rings (SSSR count). The van der Waals surface area contributed by atoms with Crippen LogP contribution in [0.5, 0.6) is 5.75 Å². The molecule has 2 nitrogen and oxygen atoms in total. The average Bonchev–Trinajstić information content (AvgIpc) is 2.18. The molecule has 2 N–H and O–H groups in total. The lowest BCUT2D eigenvalue weighted by Gasteiger charge is -2.17. The molecule has 0 bridgehead atoms. The zero-order chi connectivity index (χ0) is 11.4. The summed E-state index contributed by atoms with van der Waals surface area (Å²) in [7, 11) is 0. The lowest BCUT2D eigenvalue weighted by molar-refractivity contribution is 0.260. The summed E-state index contributed by atoms with van der Waals surface area (Å²) in [5.74, 6) is 0.961. The summed E-state index contributed by atoms with van der Waals surface area (Å²) >= 11 is 11.8. The molecule has 0 fully saturated rings. The van der Waals surface area contributed by atoms with Gasteiger partial charge in [-0.15, -0.1) is 0 Å². The molecule has 0 saturated carbocycles. The van der Waals surface area contributed by atoms with Crippen LogP contribution in [0.25, 0.3) is 0 Å². The van der Waals surface area contributed by atoms with Crippen molar-refractivity contribution < 1.29 is 4.74 Å². The van der Waals surface area contributed by atoms with Crippen LogP contribution in [0.15, 0.2) is 18.2 Å². The highest BCUT2D eigenvalue weighted by molar-refractivity contribution is 6.34. The maximum atomic E-state index is 5.93. The van der Waals surface area contributed by atoms with Crippen molar-refractivity contribution in [2.45, 2.75) is 19.9 Å². The zero-order valence-electron chi connectivity index (χ0n) is 8.84. The summed E-state index contributed by atoms with van der Waals surface area (Å²) in [6.45, 7) is 4.54. The Bertz CT molecular complexity index is 328. The van der Waals surface area contributed by atoms with Crippen LogP contribution in [0, 0.1) is 5.92 Å². The van der Waals surface area contributed by atoms with Crippen molar-refractivity contribution in [1.82, 2.24) is 0 Å². The molecular formula is C11H15Cl2NO. The third-order valence-electron chi connectivity index (χ3n) is 2.18. The van der Waals surface area contributed by atoms with E-state index in [4.69, 9.17) is 33.7 Å². The molecule has 1 atom stereocenters. The van der Waals surface area contributed by atoms with E-state index in [9.17, 15) is 0 Å². The standard InChI is InChI=1S/C11H15Cl2NO/c1-7(2)10(14)6-15-11-5-8(12)3-4-9(11)13/h3-5,7,10H,6,14H2,1-2H3/t10-/m1/s1. The molecule has 4 heteroatoms. The molecule has 0 saturated heterocycles. The monoisotopic (exact) mass is 247 g/mol. The summed E-state index contributed by atoms with van der Waals surface area (Å²) in [5, 5.41) is 1.16. The van der Waals surface area contributed by atoms with Crippen LogP contribution < -0.4 is 10.5 Å². The highest BCUT2D eigenvalue weighted by Crippen LogP contribution is 2.27. The molecule has 1 aromatic rings. The van der Waals surface area contributed by atoms with Gasteiger partial charge < -0.3 is 10.5 Å². The average molecular weight is 248 g/mol. The molecule has 1 aromatic carbocycles. The van der Waals surface area contributed by atoms with Crippen molar-refractivity contribution in [3.63, 3.8) is 0 Å². The van der Waals surface area contributed by atoms with Crippen molar-refractivity contribution in [3.8, 4) is 5.75 Å². The van der Waals surface area contributed by atoms with E-state index in [1.54, 1.807) is 18.2 Å². The van der Waals surface area contributed by atoms with Gasteiger partial charge in [0, 0.05) is 17.1 Å². The molecule has 15 heavy (non-hydrogen) atoms. The summed E-state index contributed by atoms with van der Waals surface area (Å²) in [5.41, 5.74) is 5.85. The van der Waals surface area contributed by atoms with Gasteiger partial charge in [-0.25, -0.2) is 0 Å². The van der Waals surface area contributed by atoms with Crippen LogP contribution >= 0.6 is 23.2 Å². The minimum absolute atomic E-state index is 0.0000447. The summed E-state index contributed by atoms with van der Waals surface area (Å²) in [6, 6.07) is 5.12. The van der Waals surface area contributed by atoms with Gasteiger partial charge in [-0.1, -0.05) is 37.0 Å². The fourth-order valence-corrected chi connectivity index (χ4v) is 1.30. The molecule has 0 spiro atoms. The zero-order valence-corrected chi connectivity index (χ0v) is 10.3. The second-order valence-corrected chi connectivity index (χ2v) is 4.64. The second-order valence-electron chi connectivity index (χ2n) is 3.79. The van der Waals surface area contributed by atoms with Crippen LogP contribution in [0.3, 0.4) is 0 Å². The van der Waals surface area contributed by atoms with Crippen molar-refractivity contribution >= 4 is 23.2 Å². The minimum Gasteiger partial charge on any atom is -0.490 e. The number of ether oxygens (including phenoxy) is 1. The molecular weight excluding hydrogens is 233 g/mol. The molecule has 0 aliphatic heterocycles. The number of hydrogen-bond acceptors (Lipinski definition) is 2. The molecule has 84 valence electrons. The van der Waals surface area contributed by atoms with Gasteiger partial charge in [0.15, 0.2) is 0 Å². The third-order valence-corrected chi connectivity index (χ3v) is 2.73. The largest absolute Gasteiger partial charge is 0.490 e. The first-order chi connectivity index (χ1) is 7.00. The maximum Gasteiger partial charge on any atom is 0.139 e. The molecule has 0 unspecified atom stereocenters. The lowest BCUT2D eigenvalue weighted by Crippen LogP contribution is -2.33. The Morgan fingerprint density at radius 1 is 1.33 bits per heavy atom. The number of hydrogen-bond donors (Lipinski definition) is 1. The number of halogens is 2. The van der Waals surface area contributed by atoms with Gasteiger partial charge in [0.2, 0.25) is 0 Å². The Labute approximate surface area is 100 Å². The van der Waals surface area contributed by atoms with Crippen molar-refractivity contribution in [3.05, 3.63) is 28.2 Å². The van der Waals surface area contributed by atoms with E-state index >= 15 is 0 Å². The Morgan fingerprint density at radius 3 is 2.60 bits per heavy atom. The fourth-order valence-electron chi connectivity index (χ4n) is 0.966. The number of rotatable bonds is 4. The molecule has 0 heterocycles. The topological polar surface area (TPSA) is 35.2 Å². The molecule has 0 radical (unpaired) electrons. The van der Waals surface area contributed by atoms with Crippen molar-refractivity contribution in [1.29, 1.82) is 0 Å². The fraction of sp³-hybridized carbons (Fsp3) is 0.455. The van der Waals surface area contributed by atoms with Crippen LogP contribution in [0.1, 0.15) is 13.8 Å². The smallest absolute Gasteiger partial charge is 0.139 e. The van der Waals surface area contributed by atoms with E-state index < -0.39 is 0 Å². The number of nitrogens with two attached hydrogens (primary N) is 1. The van der Waals surface area contributed by atoms with Gasteiger partial charge >= 0.3 is 0 Å². The van der Waals surface area contributed by atoms with Crippen LogP contribution in [0.2, 0.25) is 10.0 Å². The van der Waals surface area contributed by atoms with Gasteiger partial charge in [0.1, 0.15) is 12.4 Å². The van der Waals surface area contributed by atoms with E-state index in [0.29, 0.717) is 28.3 Å². The first-order valence-electron chi connectivity index (χ1n) is 4.84. The predicted molar refractivity (Wildman–Crippen MR) is 64.8 cm³/mol. The van der Waals surface area contributed by atoms with E-state index in [1.165, 1.54) is 0 Å². The quantitative estimate of drug-likeness (QED) is 0.886. The van der Waals surface area contributed by atoms with E-state index in [-0.39, 0.29) is 6.04 Å². The Kier molecular flexibility index (Phi) is 4.71. The highest BCUT2D eigenvalue weighted by Gasteiger charge is 2.09. The molecule has 0 aliphatic rings. The van der Waals surface area contributed by atoms with Gasteiger partial charge in [-0.05, 0) is 18.1 Å². The number of benzene rings is 1. The molecule has 0 aliphatic carbocycles. The summed E-state index contributed by atoms with van der Waals surface area (Å²) in [4.78, 5) is 0. The van der Waals surface area contributed by atoms with E-state index in [2.05, 4.69) is 0 Å².